The van der Waals surface area contributed by atoms with E-state index in [4.69, 9.17) is 11.1 Å². The Bertz CT molecular complexity index is 582. The molecule has 0 heterocycles. The van der Waals surface area contributed by atoms with E-state index in [9.17, 15) is 8.42 Å². The zero-order chi connectivity index (χ0) is 14.8. The van der Waals surface area contributed by atoms with Crippen LogP contribution >= 0.6 is 0 Å². The van der Waals surface area contributed by atoms with Crippen molar-refractivity contribution in [3.8, 4) is 0 Å². The van der Waals surface area contributed by atoms with E-state index in [2.05, 4.69) is 0 Å². The molecule has 6 heteroatoms. The first-order valence-electron chi connectivity index (χ1n) is 6.03. The van der Waals surface area contributed by atoms with Gasteiger partial charge in [-0.05, 0) is 37.1 Å². The molecule has 3 N–H and O–H groups in total. The predicted octanol–water partition coefficient (Wildman–Crippen LogP) is 1.50. The molecule has 0 aliphatic carbocycles. The summed E-state index contributed by atoms with van der Waals surface area (Å²) in [7, 11) is -2.02. The third-order valence-corrected chi connectivity index (χ3v) is 5.07. The molecule has 0 spiro atoms. The highest BCUT2D eigenvalue weighted by atomic mass is 32.2. The third-order valence-electron chi connectivity index (χ3n) is 3.25. The van der Waals surface area contributed by atoms with Gasteiger partial charge in [0.05, 0.1) is 10.7 Å². The first-order chi connectivity index (χ1) is 8.66. The molecule has 1 aromatic carbocycles. The van der Waals surface area contributed by atoms with Crippen molar-refractivity contribution in [3.63, 3.8) is 0 Å². The maximum absolute atomic E-state index is 12.4. The van der Waals surface area contributed by atoms with Crippen molar-refractivity contribution in [3.05, 3.63) is 29.3 Å². The van der Waals surface area contributed by atoms with Gasteiger partial charge in [-0.2, -0.15) is 0 Å². The second-order valence-electron chi connectivity index (χ2n) is 4.89. The van der Waals surface area contributed by atoms with Crippen LogP contribution in [-0.2, 0) is 10.0 Å². The minimum atomic E-state index is -3.53. The lowest BCUT2D eigenvalue weighted by molar-refractivity contribution is 0.443. The van der Waals surface area contributed by atoms with E-state index in [1.54, 1.807) is 25.1 Å². The summed E-state index contributed by atoms with van der Waals surface area (Å²) in [5, 5.41) is 7.32. The number of aryl methyl sites for hydroxylation is 2. The number of sulfonamides is 1. The predicted molar refractivity (Wildman–Crippen MR) is 76.8 cm³/mol. The zero-order valence-electron chi connectivity index (χ0n) is 11.8. The lowest BCUT2D eigenvalue weighted by Gasteiger charge is -2.21. The smallest absolute Gasteiger partial charge is 0.242 e. The van der Waals surface area contributed by atoms with Crippen LogP contribution in [0.15, 0.2) is 23.1 Å². The van der Waals surface area contributed by atoms with E-state index >= 15 is 0 Å². The Labute approximate surface area is 115 Å². The molecule has 106 valence electrons. The van der Waals surface area contributed by atoms with Crippen LogP contribution in [0.4, 0.5) is 0 Å². The van der Waals surface area contributed by atoms with E-state index < -0.39 is 10.0 Å². The number of hydrogen-bond donors (Lipinski definition) is 2. The van der Waals surface area contributed by atoms with E-state index in [1.165, 1.54) is 11.4 Å². The van der Waals surface area contributed by atoms with Crippen LogP contribution in [0.3, 0.4) is 0 Å². The van der Waals surface area contributed by atoms with Crippen LogP contribution in [0.2, 0.25) is 0 Å². The van der Waals surface area contributed by atoms with Crippen LogP contribution in [0, 0.1) is 25.2 Å². The summed E-state index contributed by atoms with van der Waals surface area (Å²) in [5.74, 6) is -0.312. The highest BCUT2D eigenvalue weighted by molar-refractivity contribution is 7.89. The SMILES string of the molecule is Cc1ccc(S(=O)(=O)N(C)CC(C)C(=N)N)cc1C. The second kappa shape index (κ2) is 5.71. The van der Waals surface area contributed by atoms with Crippen molar-refractivity contribution in [1.29, 1.82) is 5.41 Å². The lowest BCUT2D eigenvalue weighted by atomic mass is 10.1. The summed E-state index contributed by atoms with van der Waals surface area (Å²) in [6.07, 6.45) is 0. The fourth-order valence-corrected chi connectivity index (χ4v) is 2.98. The minimum absolute atomic E-state index is 0.0119. The van der Waals surface area contributed by atoms with Gasteiger partial charge in [0.1, 0.15) is 0 Å². The maximum Gasteiger partial charge on any atom is 0.242 e. The summed E-state index contributed by atoms with van der Waals surface area (Å²) in [5.41, 5.74) is 7.37. The quantitative estimate of drug-likeness (QED) is 0.634. The number of benzene rings is 1. The van der Waals surface area contributed by atoms with Gasteiger partial charge in [-0.15, -0.1) is 0 Å². The third kappa shape index (κ3) is 3.54. The van der Waals surface area contributed by atoms with E-state index in [0.29, 0.717) is 0 Å². The molecule has 0 aliphatic rings. The molecule has 1 aromatic rings. The topological polar surface area (TPSA) is 87.2 Å². The monoisotopic (exact) mass is 283 g/mol. The molecule has 0 aliphatic heterocycles. The summed E-state index contributed by atoms with van der Waals surface area (Å²) in [6.45, 7) is 5.75. The van der Waals surface area contributed by atoms with Gasteiger partial charge in [0.2, 0.25) is 10.0 Å². The normalized spacial score (nSPS) is 13.5. The largest absolute Gasteiger partial charge is 0.387 e. The first-order valence-corrected chi connectivity index (χ1v) is 7.47. The highest BCUT2D eigenvalue weighted by Crippen LogP contribution is 2.18. The fourth-order valence-electron chi connectivity index (χ4n) is 1.64. The number of amidine groups is 1. The number of rotatable bonds is 5. The van der Waals surface area contributed by atoms with Crippen LogP contribution in [-0.4, -0.2) is 32.2 Å². The Hall–Kier alpha value is -1.40. The molecule has 0 aromatic heterocycles. The number of nitrogens with one attached hydrogen (secondary N) is 1. The molecule has 0 fully saturated rings. The van der Waals surface area contributed by atoms with Gasteiger partial charge in [0.15, 0.2) is 0 Å². The molecule has 19 heavy (non-hydrogen) atoms. The van der Waals surface area contributed by atoms with E-state index in [0.717, 1.165) is 11.1 Å². The fraction of sp³-hybridized carbons (Fsp3) is 0.462. The minimum Gasteiger partial charge on any atom is -0.387 e. The van der Waals surface area contributed by atoms with Crippen LogP contribution < -0.4 is 5.73 Å². The summed E-state index contributed by atoms with van der Waals surface area (Å²) in [4.78, 5) is 0.272. The Morgan fingerprint density at radius 3 is 2.42 bits per heavy atom. The summed E-state index contributed by atoms with van der Waals surface area (Å²) in [6, 6.07) is 5.07. The van der Waals surface area contributed by atoms with Gasteiger partial charge >= 0.3 is 0 Å². The van der Waals surface area contributed by atoms with Crippen molar-refractivity contribution >= 4 is 15.9 Å². The van der Waals surface area contributed by atoms with E-state index in [-0.39, 0.29) is 23.2 Å². The summed E-state index contributed by atoms with van der Waals surface area (Å²) >= 11 is 0. The standard InChI is InChI=1S/C13H21N3O2S/c1-9-5-6-12(7-10(9)2)19(17,18)16(4)8-11(3)13(14)15/h5-7,11H,8H2,1-4H3,(H3,14,15). The van der Waals surface area contributed by atoms with Gasteiger partial charge in [0, 0.05) is 19.5 Å². The molecule has 0 amide bonds. The van der Waals surface area contributed by atoms with Crippen molar-refractivity contribution in [2.24, 2.45) is 11.7 Å². The average Bonchev–Trinajstić information content (AvgIpc) is 2.32. The molecule has 5 nitrogen and oxygen atoms in total. The average molecular weight is 283 g/mol. The van der Waals surface area contributed by atoms with Gasteiger partial charge in [-0.1, -0.05) is 13.0 Å². The Balaban J connectivity index is 3.03. The molecule has 1 unspecified atom stereocenters. The van der Waals surface area contributed by atoms with Gasteiger partial charge in [0.25, 0.3) is 0 Å². The molecule has 0 radical (unpaired) electrons. The molecular formula is C13H21N3O2S. The van der Waals surface area contributed by atoms with Gasteiger partial charge in [-0.25, -0.2) is 12.7 Å². The molecule has 0 saturated heterocycles. The van der Waals surface area contributed by atoms with Crippen LogP contribution in [0.5, 0.6) is 0 Å². The van der Waals surface area contributed by atoms with Crippen molar-refractivity contribution in [2.75, 3.05) is 13.6 Å². The Morgan fingerprint density at radius 1 is 1.37 bits per heavy atom. The second-order valence-corrected chi connectivity index (χ2v) is 6.93. The molecule has 0 saturated carbocycles. The van der Waals surface area contributed by atoms with Gasteiger partial charge in [-0.3, -0.25) is 5.41 Å². The lowest BCUT2D eigenvalue weighted by Crippen LogP contribution is -2.35. The number of nitrogens with two attached hydrogens (primary N) is 1. The highest BCUT2D eigenvalue weighted by Gasteiger charge is 2.23. The summed E-state index contributed by atoms with van der Waals surface area (Å²) < 4.78 is 26.0. The van der Waals surface area contributed by atoms with Gasteiger partial charge < -0.3 is 5.73 Å². The first kappa shape index (κ1) is 15.7. The Kier molecular flexibility index (Phi) is 4.70. The molecular weight excluding hydrogens is 262 g/mol. The van der Waals surface area contributed by atoms with Crippen molar-refractivity contribution in [2.45, 2.75) is 25.7 Å². The Morgan fingerprint density at radius 2 is 1.95 bits per heavy atom. The molecule has 1 rings (SSSR count). The van der Waals surface area contributed by atoms with Crippen molar-refractivity contribution < 1.29 is 8.42 Å². The zero-order valence-corrected chi connectivity index (χ0v) is 12.6. The van der Waals surface area contributed by atoms with Crippen molar-refractivity contribution in [1.82, 2.24) is 4.31 Å². The molecule has 1 atom stereocenters. The van der Waals surface area contributed by atoms with Crippen LogP contribution in [0.1, 0.15) is 18.1 Å². The van der Waals surface area contributed by atoms with E-state index in [1.807, 2.05) is 13.8 Å². The maximum atomic E-state index is 12.4. The molecule has 0 bridgehead atoms. The number of hydrogen-bond acceptors (Lipinski definition) is 3. The number of nitrogens with zero attached hydrogens (tertiary/aromatic N) is 1. The van der Waals surface area contributed by atoms with Crippen LogP contribution in [0.25, 0.3) is 0 Å².